The van der Waals surface area contributed by atoms with Crippen LogP contribution in [0.1, 0.15) is 157 Å². The van der Waals surface area contributed by atoms with Crippen LogP contribution in [0.25, 0.3) is 0 Å². The molecule has 0 aromatic rings. The van der Waals surface area contributed by atoms with Crippen LogP contribution in [0.5, 0.6) is 0 Å². The van der Waals surface area contributed by atoms with E-state index < -0.39 is 10.1 Å². The minimum atomic E-state index is -3.36. The van der Waals surface area contributed by atoms with Gasteiger partial charge in [-0.25, -0.2) is 0 Å². The molecule has 0 aromatic carbocycles. The third kappa shape index (κ3) is 27.2. The fraction of sp³-hybridized carbons (Fsp3) is 1.00. The van der Waals surface area contributed by atoms with E-state index in [2.05, 4.69) is 34.6 Å². The fourth-order valence-corrected chi connectivity index (χ4v) is 5.83. The summed E-state index contributed by atoms with van der Waals surface area (Å²) in [4.78, 5) is 0. The average molecular weight is 553 g/mol. The van der Waals surface area contributed by atoms with Gasteiger partial charge in [-0.2, -0.15) is 8.42 Å². The molecule has 6 heteroatoms. The van der Waals surface area contributed by atoms with Gasteiger partial charge in [0.15, 0.2) is 0 Å². The van der Waals surface area contributed by atoms with Crippen LogP contribution in [0.2, 0.25) is 0 Å². The first kappa shape index (κ1) is 38.9. The molecule has 0 saturated heterocycles. The number of quaternary nitrogens is 1. The van der Waals surface area contributed by atoms with E-state index in [4.69, 9.17) is 4.18 Å². The molecular formula is C31H67FNO3S+. The van der Waals surface area contributed by atoms with Gasteiger partial charge in [0.05, 0.1) is 45.2 Å². The highest BCUT2D eigenvalue weighted by molar-refractivity contribution is 7.86. The average Bonchev–Trinajstić information content (AvgIpc) is 2.90. The first-order chi connectivity index (χ1) is 17.9. The molecule has 37 heavy (non-hydrogen) atoms. The number of nitrogens with zero attached hydrogens (tertiary/aromatic N) is 1. The molecule has 0 bridgehead atoms. The van der Waals surface area contributed by atoms with Crippen molar-refractivity contribution in [2.45, 2.75) is 157 Å². The Labute approximate surface area is 233 Å². The lowest BCUT2D eigenvalue weighted by Gasteiger charge is -2.34. The van der Waals surface area contributed by atoms with Gasteiger partial charge in [0, 0.05) is 0 Å². The molecule has 0 rings (SSSR count). The molecule has 0 radical (unpaired) electrons. The van der Waals surface area contributed by atoms with E-state index >= 15 is 0 Å². The zero-order valence-corrected chi connectivity index (χ0v) is 26.7. The van der Waals surface area contributed by atoms with Crippen molar-refractivity contribution in [3.05, 3.63) is 0 Å². The van der Waals surface area contributed by atoms with Crippen molar-refractivity contribution < 1.29 is 21.5 Å². The van der Waals surface area contributed by atoms with Crippen LogP contribution in [-0.2, 0) is 14.3 Å². The SMILES string of the molecule is CCCCCCCCCCCCCCCOS(=O)(=O)CCCCCCCCF.CC[N+](CC)(CC)CC. The summed E-state index contributed by atoms with van der Waals surface area (Å²) < 4.78 is 42.0. The molecule has 0 spiro atoms. The quantitative estimate of drug-likeness (QED) is 0.0579. The molecule has 0 aliphatic rings. The predicted octanol–water partition coefficient (Wildman–Crippen LogP) is 9.62. The topological polar surface area (TPSA) is 43.4 Å². The van der Waals surface area contributed by atoms with E-state index in [0.29, 0.717) is 19.4 Å². The number of alkyl halides is 1. The number of hydrogen-bond donors (Lipinski definition) is 0. The van der Waals surface area contributed by atoms with Crippen molar-refractivity contribution in [2.75, 3.05) is 45.2 Å². The summed E-state index contributed by atoms with van der Waals surface area (Å²) in [5, 5.41) is 0. The van der Waals surface area contributed by atoms with Crippen LogP contribution < -0.4 is 0 Å². The molecular weight excluding hydrogens is 485 g/mol. The van der Waals surface area contributed by atoms with Gasteiger partial charge in [-0.05, 0) is 47.0 Å². The number of rotatable bonds is 27. The molecule has 226 valence electrons. The molecule has 0 aromatic heterocycles. The van der Waals surface area contributed by atoms with E-state index in [1.165, 1.54) is 101 Å². The van der Waals surface area contributed by atoms with E-state index in [0.717, 1.165) is 38.5 Å². The maximum Gasteiger partial charge on any atom is 0.267 e. The second-order valence-electron chi connectivity index (χ2n) is 10.7. The van der Waals surface area contributed by atoms with Crippen LogP contribution in [-0.4, -0.2) is 58.1 Å². The number of hydrogen-bond acceptors (Lipinski definition) is 3. The highest BCUT2D eigenvalue weighted by Crippen LogP contribution is 2.13. The molecule has 0 N–H and O–H groups in total. The lowest BCUT2D eigenvalue weighted by atomic mass is 10.0. The monoisotopic (exact) mass is 552 g/mol. The second kappa shape index (κ2) is 28.8. The Morgan fingerprint density at radius 1 is 0.514 bits per heavy atom. The first-order valence-corrected chi connectivity index (χ1v) is 17.7. The van der Waals surface area contributed by atoms with Crippen molar-refractivity contribution in [1.82, 2.24) is 0 Å². The van der Waals surface area contributed by atoms with Gasteiger partial charge in [-0.1, -0.05) is 110 Å². The Hall–Kier alpha value is -0.200. The van der Waals surface area contributed by atoms with Crippen LogP contribution in [0.4, 0.5) is 4.39 Å². The maximum absolute atomic E-state index is 12.0. The minimum absolute atomic E-state index is 0.120. The zero-order chi connectivity index (χ0) is 28.1. The lowest BCUT2D eigenvalue weighted by Crippen LogP contribution is -2.47. The fourth-order valence-electron chi connectivity index (χ4n) is 4.79. The summed E-state index contributed by atoms with van der Waals surface area (Å²) in [6.45, 7) is 16.6. The van der Waals surface area contributed by atoms with E-state index in [9.17, 15) is 12.8 Å². The third-order valence-electron chi connectivity index (χ3n) is 7.97. The highest BCUT2D eigenvalue weighted by Gasteiger charge is 2.16. The molecule has 0 heterocycles. The van der Waals surface area contributed by atoms with Gasteiger partial charge in [0.1, 0.15) is 0 Å². The summed E-state index contributed by atoms with van der Waals surface area (Å²) in [7, 11) is -3.36. The summed E-state index contributed by atoms with van der Waals surface area (Å²) in [5.74, 6) is 0.120. The number of unbranched alkanes of at least 4 members (excludes halogenated alkanes) is 17. The maximum atomic E-state index is 12.0. The summed E-state index contributed by atoms with van der Waals surface area (Å²) in [6.07, 6.45) is 21.6. The van der Waals surface area contributed by atoms with Crippen LogP contribution >= 0.6 is 0 Å². The normalized spacial score (nSPS) is 11.9. The van der Waals surface area contributed by atoms with Crippen molar-refractivity contribution in [3.63, 3.8) is 0 Å². The Morgan fingerprint density at radius 2 is 0.865 bits per heavy atom. The van der Waals surface area contributed by atoms with E-state index in [1.807, 2.05) is 0 Å². The van der Waals surface area contributed by atoms with Gasteiger partial charge in [-0.3, -0.25) is 8.57 Å². The molecule has 0 amide bonds. The standard InChI is InChI=1S/C23H47FO3S.C8H20N/c1-2-3-4-5-6-7-8-9-10-11-13-16-19-22-27-28(25,26)23-20-17-14-12-15-18-21-24;1-5-9(6-2,7-3)8-4/h2-23H2,1H3;5-8H2,1-4H3/q;+1. The molecule has 0 unspecified atom stereocenters. The van der Waals surface area contributed by atoms with E-state index in [1.54, 1.807) is 0 Å². The van der Waals surface area contributed by atoms with Gasteiger partial charge in [-0.15, -0.1) is 0 Å². The van der Waals surface area contributed by atoms with Gasteiger partial charge in [0.25, 0.3) is 10.1 Å². The predicted molar refractivity (Wildman–Crippen MR) is 162 cm³/mol. The third-order valence-corrected chi connectivity index (χ3v) is 9.29. The molecule has 0 fully saturated rings. The zero-order valence-electron chi connectivity index (χ0n) is 25.8. The van der Waals surface area contributed by atoms with Gasteiger partial charge >= 0.3 is 0 Å². The summed E-state index contributed by atoms with van der Waals surface area (Å²) >= 11 is 0. The second-order valence-corrected chi connectivity index (χ2v) is 12.5. The van der Waals surface area contributed by atoms with Crippen LogP contribution in [0.3, 0.4) is 0 Å². The molecule has 0 saturated carbocycles. The minimum Gasteiger partial charge on any atom is -0.325 e. The Bertz CT molecular complexity index is 521. The molecule has 4 nitrogen and oxygen atoms in total. The summed E-state index contributed by atoms with van der Waals surface area (Å²) in [6, 6.07) is 0. The lowest BCUT2D eigenvalue weighted by molar-refractivity contribution is -0.921. The smallest absolute Gasteiger partial charge is 0.267 e. The van der Waals surface area contributed by atoms with Crippen LogP contribution in [0, 0.1) is 0 Å². The van der Waals surface area contributed by atoms with Crippen molar-refractivity contribution in [3.8, 4) is 0 Å². The first-order valence-electron chi connectivity index (χ1n) is 16.1. The Morgan fingerprint density at radius 3 is 1.22 bits per heavy atom. The Balaban J connectivity index is 0. The van der Waals surface area contributed by atoms with Crippen molar-refractivity contribution >= 4 is 10.1 Å². The summed E-state index contributed by atoms with van der Waals surface area (Å²) in [5.41, 5.74) is 0. The molecule has 0 aliphatic heterocycles. The number of halogens is 1. The van der Waals surface area contributed by atoms with Crippen molar-refractivity contribution in [1.29, 1.82) is 0 Å². The van der Waals surface area contributed by atoms with Gasteiger partial charge in [0.2, 0.25) is 0 Å². The highest BCUT2D eigenvalue weighted by atomic mass is 32.2. The van der Waals surface area contributed by atoms with Gasteiger partial charge < -0.3 is 4.48 Å². The molecule has 0 atom stereocenters. The van der Waals surface area contributed by atoms with Crippen molar-refractivity contribution in [2.24, 2.45) is 0 Å². The van der Waals surface area contributed by atoms with Crippen LogP contribution in [0.15, 0.2) is 0 Å². The van der Waals surface area contributed by atoms with E-state index in [-0.39, 0.29) is 12.4 Å². The molecule has 0 aliphatic carbocycles. The Kier molecular flexibility index (Phi) is 30.3. The largest absolute Gasteiger partial charge is 0.325 e.